The number of ether oxygens (including phenoxy) is 2. The second-order valence-electron chi connectivity index (χ2n) is 13.3. The van der Waals surface area contributed by atoms with E-state index in [4.69, 9.17) is 37.6 Å². The molecule has 280 valence electrons. The van der Waals surface area contributed by atoms with Gasteiger partial charge in [-0.1, -0.05) is 23.7 Å². The lowest BCUT2D eigenvalue weighted by molar-refractivity contribution is 0.216. The molecule has 2 unspecified atom stereocenters. The number of benzene rings is 2. The van der Waals surface area contributed by atoms with Crippen molar-refractivity contribution in [2.75, 3.05) is 49.7 Å². The van der Waals surface area contributed by atoms with Gasteiger partial charge in [-0.2, -0.15) is 15.2 Å². The molecule has 11 nitrogen and oxygen atoms in total. The summed E-state index contributed by atoms with van der Waals surface area (Å²) < 4.78 is 55.6. The molecule has 5 N–H and O–H groups in total. The number of rotatable bonds is 4. The van der Waals surface area contributed by atoms with Crippen molar-refractivity contribution >= 4 is 60.6 Å². The van der Waals surface area contributed by atoms with E-state index in [0.29, 0.717) is 30.8 Å². The number of aromatic nitrogens is 3. The summed E-state index contributed by atoms with van der Waals surface area (Å²) in [5.41, 5.74) is 12.9. The molecule has 2 aromatic carbocycles. The number of nitrogen functional groups attached to an aromatic ring is 2. The van der Waals surface area contributed by atoms with Gasteiger partial charge in [0.05, 0.1) is 40.4 Å². The Labute approximate surface area is 313 Å². The van der Waals surface area contributed by atoms with Gasteiger partial charge < -0.3 is 30.9 Å². The lowest BCUT2D eigenvalue weighted by Crippen LogP contribution is -2.31. The van der Waals surface area contributed by atoms with Crippen LogP contribution in [0.1, 0.15) is 57.2 Å². The zero-order valence-corrected chi connectivity index (χ0v) is 31.2. The number of hydrogen-bond acceptors (Lipinski definition) is 12. The molecular weight excluding hydrogens is 729 g/mol. The summed E-state index contributed by atoms with van der Waals surface area (Å²) in [7, 11) is 1.38. The maximum atomic E-state index is 16.6. The maximum absolute atomic E-state index is 16.6. The largest absolute Gasteiger partial charge is 0.489 e. The van der Waals surface area contributed by atoms with E-state index in [2.05, 4.69) is 19.9 Å². The average Bonchev–Trinajstić information content (AvgIpc) is 3.77. The lowest BCUT2D eigenvalue weighted by Gasteiger charge is -2.30. The topological polar surface area (TPSA) is 160 Å². The van der Waals surface area contributed by atoms with Gasteiger partial charge in [-0.15, -0.1) is 11.3 Å². The Kier molecular flexibility index (Phi) is 11.3. The number of nitriles is 1. The van der Waals surface area contributed by atoms with E-state index in [-0.39, 0.29) is 78.2 Å². The number of aliphatic hydroxyl groups excluding tert-OH is 1. The molecule has 6 heterocycles. The molecule has 0 amide bonds. The second kappa shape index (κ2) is 15.8. The van der Waals surface area contributed by atoms with Gasteiger partial charge in [0.2, 0.25) is 0 Å². The highest BCUT2D eigenvalue weighted by atomic mass is 35.5. The number of aliphatic hydroxyl groups is 1. The summed E-state index contributed by atoms with van der Waals surface area (Å²) in [6.07, 6.45) is 4.24. The first kappa shape index (κ1) is 38.1. The molecule has 0 bridgehead atoms. The molecule has 0 aliphatic carbocycles. The molecule has 3 aromatic heterocycles. The molecule has 0 radical (unpaired) electrons. The third kappa shape index (κ3) is 7.33. The first-order chi connectivity index (χ1) is 25.4. The number of pyridine rings is 1. The molecule has 3 aliphatic heterocycles. The Morgan fingerprint density at radius 2 is 1.91 bits per heavy atom. The Hall–Kier alpha value is -4.62. The van der Waals surface area contributed by atoms with Crippen LogP contribution in [0.25, 0.3) is 32.1 Å². The van der Waals surface area contributed by atoms with Gasteiger partial charge in [-0.25, -0.2) is 18.2 Å². The Morgan fingerprint density at radius 3 is 2.58 bits per heavy atom. The highest BCUT2D eigenvalue weighted by Crippen LogP contribution is 2.51. The standard InChI is InChI=1S/C27H20ClF2N7O2S.C7H12FN.C3H8O/c1-11(12-4-3-7-34-24(12)32)37-8-9-39-22-18-21(35-27(38-2)36-26(18)37)20(30)17(19(22)28)13-5-6-15(29)23-16(13)14(10-31)25(33)40-23;8-6-4-7-2-1-3-9(7)5-6;1-3(2)4/h3-7,11H,8-9,33H2,1-2H3,(H2,32,34);6-7H,1-5H2;3-4H,1-2H3/t11-;;/m1../s1. The number of halogens is 4. The minimum Gasteiger partial charge on any atom is -0.489 e. The molecule has 16 heteroatoms. The van der Waals surface area contributed by atoms with Crippen molar-refractivity contribution in [1.29, 1.82) is 5.26 Å². The molecule has 0 saturated carbocycles. The minimum atomic E-state index is -0.814. The molecule has 5 aromatic rings. The number of anilines is 3. The summed E-state index contributed by atoms with van der Waals surface area (Å²) in [6, 6.07) is 8.37. The van der Waals surface area contributed by atoms with Crippen LogP contribution in [0.4, 0.5) is 29.8 Å². The van der Waals surface area contributed by atoms with Crippen molar-refractivity contribution in [2.24, 2.45) is 0 Å². The van der Waals surface area contributed by atoms with Crippen LogP contribution in [0.2, 0.25) is 5.02 Å². The van der Waals surface area contributed by atoms with E-state index in [1.807, 2.05) is 24.0 Å². The number of nitrogens with zero attached hydrogens (tertiary/aromatic N) is 6. The molecule has 2 saturated heterocycles. The van der Waals surface area contributed by atoms with Crippen LogP contribution < -0.4 is 25.8 Å². The zero-order chi connectivity index (χ0) is 38.1. The van der Waals surface area contributed by atoms with E-state index in [1.165, 1.54) is 32.1 Å². The molecule has 53 heavy (non-hydrogen) atoms. The van der Waals surface area contributed by atoms with Crippen molar-refractivity contribution in [3.63, 3.8) is 0 Å². The van der Waals surface area contributed by atoms with E-state index in [0.717, 1.165) is 29.9 Å². The average molecular weight is 769 g/mol. The van der Waals surface area contributed by atoms with Gasteiger partial charge in [0.15, 0.2) is 11.6 Å². The SMILES string of the molecule is CC(C)O.COc1nc2c3c(c(Cl)c(-c4ccc(F)c5sc(N)c(C#N)c45)c(F)c3n1)OCCN2[C@H](C)c1cccnc1N.FC1CC2CCCN2C1. The summed E-state index contributed by atoms with van der Waals surface area (Å²) in [6.45, 7) is 7.73. The van der Waals surface area contributed by atoms with E-state index in [9.17, 15) is 14.0 Å². The smallest absolute Gasteiger partial charge is 0.318 e. The van der Waals surface area contributed by atoms with Crippen molar-refractivity contribution < 1.29 is 27.8 Å². The van der Waals surface area contributed by atoms with Gasteiger partial charge in [-0.05, 0) is 64.3 Å². The number of hydrogen-bond donors (Lipinski definition) is 3. The Bertz CT molecular complexity index is 2180. The minimum absolute atomic E-state index is 0.0341. The molecule has 3 aliphatic rings. The van der Waals surface area contributed by atoms with Crippen molar-refractivity contribution in [1.82, 2.24) is 19.9 Å². The Morgan fingerprint density at radius 1 is 1.15 bits per heavy atom. The number of fused-ring (bicyclic) bond motifs is 2. The highest BCUT2D eigenvalue weighted by Gasteiger charge is 2.35. The van der Waals surface area contributed by atoms with Crippen LogP contribution >= 0.6 is 22.9 Å². The summed E-state index contributed by atoms with van der Waals surface area (Å²) in [5.74, 6) is -0.570. The highest BCUT2D eigenvalue weighted by molar-refractivity contribution is 7.23. The monoisotopic (exact) mass is 768 g/mol. The van der Waals surface area contributed by atoms with Crippen molar-refractivity contribution in [3.05, 3.63) is 58.2 Å². The summed E-state index contributed by atoms with van der Waals surface area (Å²) in [5, 5.41) is 18.3. The van der Waals surface area contributed by atoms with Gasteiger partial charge >= 0.3 is 6.01 Å². The zero-order valence-electron chi connectivity index (χ0n) is 29.7. The number of thiophene rings is 1. The molecule has 0 spiro atoms. The van der Waals surface area contributed by atoms with Crippen LogP contribution in [-0.4, -0.2) is 76.6 Å². The Balaban J connectivity index is 0.000000311. The van der Waals surface area contributed by atoms with Gasteiger partial charge in [0.25, 0.3) is 0 Å². The maximum Gasteiger partial charge on any atom is 0.318 e. The predicted molar refractivity (Wildman–Crippen MR) is 202 cm³/mol. The van der Waals surface area contributed by atoms with Crippen LogP contribution in [0.5, 0.6) is 11.8 Å². The second-order valence-corrected chi connectivity index (χ2v) is 14.7. The lowest BCUT2D eigenvalue weighted by atomic mass is 9.96. The molecule has 8 rings (SSSR count). The number of nitrogens with two attached hydrogens (primary N) is 2. The summed E-state index contributed by atoms with van der Waals surface area (Å²) in [4.78, 5) is 17.3. The third-order valence-electron chi connectivity index (χ3n) is 9.42. The van der Waals surface area contributed by atoms with Crippen LogP contribution in [0.15, 0.2) is 30.5 Å². The van der Waals surface area contributed by atoms with E-state index in [1.54, 1.807) is 26.1 Å². The first-order valence-corrected chi connectivity index (χ1v) is 18.4. The fourth-order valence-corrected chi connectivity index (χ4v) is 8.40. The van der Waals surface area contributed by atoms with Crippen molar-refractivity contribution in [2.45, 2.75) is 64.4 Å². The van der Waals surface area contributed by atoms with Gasteiger partial charge in [0.1, 0.15) is 46.8 Å². The molecule has 2 fully saturated rings. The van der Waals surface area contributed by atoms with Gasteiger partial charge in [0, 0.05) is 41.4 Å². The summed E-state index contributed by atoms with van der Waals surface area (Å²) >= 11 is 7.79. The number of alkyl halides is 1. The molecular formula is C37H40ClF3N8O3S. The van der Waals surface area contributed by atoms with Crippen LogP contribution in [0, 0.1) is 23.0 Å². The first-order valence-electron chi connectivity index (χ1n) is 17.2. The van der Waals surface area contributed by atoms with Crippen molar-refractivity contribution in [3.8, 4) is 29.0 Å². The number of methoxy groups -OCH3 is 1. The van der Waals surface area contributed by atoms with Gasteiger partial charge in [-0.3, -0.25) is 4.90 Å². The third-order valence-corrected chi connectivity index (χ3v) is 10.8. The van der Waals surface area contributed by atoms with E-state index < -0.39 is 17.8 Å². The fraction of sp³-hybridized carbons (Fsp3) is 0.405. The van der Waals surface area contributed by atoms with Crippen LogP contribution in [-0.2, 0) is 0 Å². The normalized spacial score (nSPS) is 18.4. The molecule has 3 atom stereocenters. The predicted octanol–water partition coefficient (Wildman–Crippen LogP) is 7.42. The fourth-order valence-electron chi connectivity index (χ4n) is 7.12. The quantitative estimate of drug-likeness (QED) is 0.167. The van der Waals surface area contributed by atoms with E-state index >= 15 is 4.39 Å². The van der Waals surface area contributed by atoms with Crippen LogP contribution in [0.3, 0.4) is 0 Å².